The van der Waals surface area contributed by atoms with Gasteiger partial charge in [-0.25, -0.2) is 10.5 Å². The SMILES string of the molecule is N=NC1=NCNC2=C1CCN(C1CCN(Cc3ccccc3-c3ccc(Cl)cc3)CC1)C2. The van der Waals surface area contributed by atoms with Crippen molar-refractivity contribution in [2.24, 2.45) is 10.1 Å². The largest absolute Gasteiger partial charge is 0.368 e. The fraction of sp³-hybridized carbons (Fsp3) is 0.400. The molecule has 2 aromatic rings. The predicted octanol–water partition coefficient (Wildman–Crippen LogP) is 4.92. The van der Waals surface area contributed by atoms with Gasteiger partial charge in [0, 0.05) is 42.0 Å². The molecule has 0 aliphatic carbocycles. The molecule has 0 atom stereocenters. The Labute approximate surface area is 194 Å². The number of amidine groups is 1. The number of likely N-dealkylation sites (tertiary alicyclic amines) is 1. The first-order valence-electron chi connectivity index (χ1n) is 11.4. The van der Waals surface area contributed by atoms with E-state index in [2.05, 4.69) is 61.6 Å². The molecule has 0 amide bonds. The molecule has 0 spiro atoms. The van der Waals surface area contributed by atoms with Crippen molar-refractivity contribution in [1.29, 1.82) is 5.53 Å². The van der Waals surface area contributed by atoms with Crippen molar-refractivity contribution in [3.05, 3.63) is 70.4 Å². The van der Waals surface area contributed by atoms with Crippen LogP contribution in [0.25, 0.3) is 11.1 Å². The van der Waals surface area contributed by atoms with Gasteiger partial charge >= 0.3 is 0 Å². The molecule has 0 saturated carbocycles. The molecule has 3 aliphatic rings. The lowest BCUT2D eigenvalue weighted by molar-refractivity contribution is 0.107. The minimum Gasteiger partial charge on any atom is -0.368 e. The molecule has 5 rings (SSSR count). The Balaban J connectivity index is 1.21. The van der Waals surface area contributed by atoms with Crippen molar-refractivity contribution in [2.45, 2.75) is 31.8 Å². The number of nitrogens with one attached hydrogen (secondary N) is 2. The topological polar surface area (TPSA) is 67.1 Å². The molecular formula is C25H29ClN6. The van der Waals surface area contributed by atoms with Gasteiger partial charge in [0.1, 0.15) is 6.67 Å². The molecule has 0 radical (unpaired) electrons. The third-order valence-electron chi connectivity index (χ3n) is 6.91. The molecule has 6 nitrogen and oxygen atoms in total. The number of hydrogen-bond acceptors (Lipinski definition) is 6. The zero-order chi connectivity index (χ0) is 21.9. The highest BCUT2D eigenvalue weighted by Crippen LogP contribution is 2.29. The molecule has 0 aromatic heterocycles. The van der Waals surface area contributed by atoms with E-state index in [1.165, 1.54) is 35.2 Å². The van der Waals surface area contributed by atoms with Crippen molar-refractivity contribution in [3.8, 4) is 11.1 Å². The van der Waals surface area contributed by atoms with E-state index in [9.17, 15) is 0 Å². The second kappa shape index (κ2) is 9.53. The molecule has 1 saturated heterocycles. The lowest BCUT2D eigenvalue weighted by atomic mass is 9.96. The van der Waals surface area contributed by atoms with Crippen LogP contribution >= 0.6 is 11.6 Å². The number of benzene rings is 2. The summed E-state index contributed by atoms with van der Waals surface area (Å²) in [4.78, 5) is 9.51. The van der Waals surface area contributed by atoms with E-state index in [1.807, 2.05) is 12.1 Å². The molecular weight excluding hydrogens is 420 g/mol. The number of rotatable bonds is 4. The van der Waals surface area contributed by atoms with Crippen molar-refractivity contribution >= 4 is 17.4 Å². The van der Waals surface area contributed by atoms with Gasteiger partial charge in [-0.15, -0.1) is 5.11 Å². The third-order valence-corrected chi connectivity index (χ3v) is 7.16. The Hall–Kier alpha value is -2.54. The lowest BCUT2D eigenvalue weighted by Gasteiger charge is -2.41. The summed E-state index contributed by atoms with van der Waals surface area (Å²) in [5.74, 6) is 0.618. The van der Waals surface area contributed by atoms with Crippen LogP contribution in [0.2, 0.25) is 5.02 Å². The number of nitrogens with zero attached hydrogens (tertiary/aromatic N) is 4. The fourth-order valence-electron chi connectivity index (χ4n) is 5.17. The summed E-state index contributed by atoms with van der Waals surface area (Å²) in [5.41, 5.74) is 13.6. The number of aliphatic imine (C=N–C) groups is 1. The van der Waals surface area contributed by atoms with Crippen LogP contribution in [-0.2, 0) is 6.54 Å². The number of hydrogen-bond donors (Lipinski definition) is 2. The maximum Gasteiger partial charge on any atom is 0.176 e. The molecule has 166 valence electrons. The standard InChI is InChI=1S/C25H29ClN6/c26-20-7-5-18(6-8-20)22-4-2-1-3-19(22)15-31-12-9-21(10-13-31)32-14-11-23-24(16-32)28-17-29-25(23)30-27/h1-8,21,27-28H,9-17H2. The normalized spacial score (nSPS) is 20.5. The van der Waals surface area contributed by atoms with Crippen molar-refractivity contribution in [1.82, 2.24) is 15.1 Å². The molecule has 0 bridgehead atoms. The smallest absolute Gasteiger partial charge is 0.176 e. The Morgan fingerprint density at radius 1 is 1.06 bits per heavy atom. The average Bonchev–Trinajstić information content (AvgIpc) is 2.85. The average molecular weight is 449 g/mol. The van der Waals surface area contributed by atoms with E-state index in [1.54, 1.807) is 0 Å². The molecule has 2 aromatic carbocycles. The first-order valence-corrected chi connectivity index (χ1v) is 11.8. The molecule has 32 heavy (non-hydrogen) atoms. The molecule has 2 N–H and O–H groups in total. The van der Waals surface area contributed by atoms with E-state index < -0.39 is 0 Å². The Bertz CT molecular complexity index is 1040. The van der Waals surface area contributed by atoms with Crippen molar-refractivity contribution in [3.63, 3.8) is 0 Å². The second-order valence-corrected chi connectivity index (χ2v) is 9.21. The van der Waals surface area contributed by atoms with E-state index in [4.69, 9.17) is 17.1 Å². The van der Waals surface area contributed by atoms with Crippen LogP contribution in [0.1, 0.15) is 24.8 Å². The summed E-state index contributed by atoms with van der Waals surface area (Å²) < 4.78 is 0. The van der Waals surface area contributed by atoms with Crippen LogP contribution in [0.4, 0.5) is 0 Å². The molecule has 1 fully saturated rings. The van der Waals surface area contributed by atoms with E-state index in [0.29, 0.717) is 18.5 Å². The van der Waals surface area contributed by atoms with E-state index in [0.717, 1.165) is 49.7 Å². The first-order chi connectivity index (χ1) is 15.7. The summed E-state index contributed by atoms with van der Waals surface area (Å²) in [6.07, 6.45) is 3.31. The summed E-state index contributed by atoms with van der Waals surface area (Å²) in [6.45, 7) is 5.70. The maximum absolute atomic E-state index is 7.37. The number of halogens is 1. The van der Waals surface area contributed by atoms with Gasteiger partial charge in [0.25, 0.3) is 0 Å². The van der Waals surface area contributed by atoms with Gasteiger partial charge < -0.3 is 5.32 Å². The quantitative estimate of drug-likeness (QED) is 0.652. The highest BCUT2D eigenvalue weighted by molar-refractivity contribution is 6.30. The van der Waals surface area contributed by atoms with Crippen LogP contribution in [-0.4, -0.2) is 54.5 Å². The zero-order valence-corrected chi connectivity index (χ0v) is 19.0. The van der Waals surface area contributed by atoms with Crippen LogP contribution in [0.15, 0.2) is 69.9 Å². The van der Waals surface area contributed by atoms with Crippen LogP contribution in [0, 0.1) is 5.53 Å². The van der Waals surface area contributed by atoms with Crippen LogP contribution in [0.3, 0.4) is 0 Å². The summed E-state index contributed by atoms with van der Waals surface area (Å²) in [6, 6.07) is 17.5. The Morgan fingerprint density at radius 3 is 2.62 bits per heavy atom. The van der Waals surface area contributed by atoms with Gasteiger partial charge in [-0.3, -0.25) is 9.80 Å². The summed E-state index contributed by atoms with van der Waals surface area (Å²) >= 11 is 6.09. The van der Waals surface area contributed by atoms with E-state index >= 15 is 0 Å². The molecule has 3 heterocycles. The zero-order valence-electron chi connectivity index (χ0n) is 18.2. The Kier molecular flexibility index (Phi) is 6.35. The van der Waals surface area contributed by atoms with Crippen molar-refractivity contribution in [2.75, 3.05) is 32.8 Å². The fourth-order valence-corrected chi connectivity index (χ4v) is 5.29. The van der Waals surface area contributed by atoms with Crippen LogP contribution < -0.4 is 5.32 Å². The van der Waals surface area contributed by atoms with Gasteiger partial charge in [-0.05, 0) is 61.2 Å². The Morgan fingerprint density at radius 2 is 1.84 bits per heavy atom. The second-order valence-electron chi connectivity index (χ2n) is 8.78. The summed E-state index contributed by atoms with van der Waals surface area (Å²) in [5, 5.41) is 7.81. The third kappa shape index (κ3) is 4.49. The maximum atomic E-state index is 7.37. The highest BCUT2D eigenvalue weighted by Gasteiger charge is 2.30. The molecule has 7 heteroatoms. The molecule has 0 unspecified atom stereocenters. The summed E-state index contributed by atoms with van der Waals surface area (Å²) in [7, 11) is 0. The van der Waals surface area contributed by atoms with Gasteiger partial charge in [0.05, 0.1) is 0 Å². The van der Waals surface area contributed by atoms with Crippen molar-refractivity contribution < 1.29 is 0 Å². The first kappa shape index (κ1) is 21.3. The lowest BCUT2D eigenvalue weighted by Crippen LogP contribution is -2.49. The van der Waals surface area contributed by atoms with Gasteiger partial charge in [-0.1, -0.05) is 48.0 Å². The minimum absolute atomic E-state index is 0.538. The highest BCUT2D eigenvalue weighted by atomic mass is 35.5. The predicted molar refractivity (Wildman–Crippen MR) is 129 cm³/mol. The number of piperidine rings is 1. The van der Waals surface area contributed by atoms with Gasteiger partial charge in [-0.2, -0.15) is 0 Å². The van der Waals surface area contributed by atoms with E-state index in [-0.39, 0.29) is 0 Å². The minimum atomic E-state index is 0.538. The monoisotopic (exact) mass is 448 g/mol. The van der Waals surface area contributed by atoms with Crippen LogP contribution in [0.5, 0.6) is 0 Å². The van der Waals surface area contributed by atoms with Gasteiger partial charge in [0.15, 0.2) is 5.84 Å². The van der Waals surface area contributed by atoms with Gasteiger partial charge in [0.2, 0.25) is 0 Å². The molecule has 3 aliphatic heterocycles.